The van der Waals surface area contributed by atoms with E-state index >= 15 is 0 Å². The zero-order chi connectivity index (χ0) is 25.4. The van der Waals surface area contributed by atoms with Crippen molar-refractivity contribution < 1.29 is 14.3 Å². The number of nitrogens with one attached hydrogen (secondary N) is 1. The van der Waals surface area contributed by atoms with Crippen LogP contribution in [0.25, 0.3) is 12.0 Å². The topological polar surface area (TPSA) is 94.4 Å². The summed E-state index contributed by atoms with van der Waals surface area (Å²) in [4.78, 5) is 29.1. The molecule has 2 aromatic carbocycles. The van der Waals surface area contributed by atoms with Crippen molar-refractivity contribution in [3.63, 3.8) is 0 Å². The highest BCUT2D eigenvalue weighted by molar-refractivity contribution is 6.02. The molecule has 0 fully saturated rings. The number of carbonyl (C=O) groups excluding carboxylic acids is 1. The van der Waals surface area contributed by atoms with Crippen LogP contribution in [0.1, 0.15) is 35.3 Å². The lowest BCUT2D eigenvalue weighted by atomic mass is 10.0. The standard InChI is InChI=1S/C28H26N6O3/c1-18-13-26(32-28(30-18)33-10-9-29-17-33)34-16-22-6-4-3-5-21(22)14-23(34)27(35)31-19(2)20-7-8-24-25(15-20)37-12-11-36-24/h3-10,13-15,17,19H,11-12,16H2,1-2H3,(H,31,35). The van der Waals surface area contributed by atoms with E-state index in [1.807, 2.05) is 67.3 Å². The van der Waals surface area contributed by atoms with Crippen LogP contribution in [0.3, 0.4) is 0 Å². The molecule has 9 nitrogen and oxygen atoms in total. The molecule has 6 rings (SSSR count). The first-order valence-corrected chi connectivity index (χ1v) is 12.2. The molecule has 1 amide bonds. The molecule has 2 aromatic heterocycles. The van der Waals surface area contributed by atoms with Crippen LogP contribution in [0.15, 0.2) is 72.9 Å². The van der Waals surface area contributed by atoms with Crippen LogP contribution in [0, 0.1) is 6.92 Å². The number of rotatable bonds is 5. The zero-order valence-corrected chi connectivity index (χ0v) is 20.6. The van der Waals surface area contributed by atoms with Gasteiger partial charge in [-0.25, -0.2) is 9.97 Å². The molecule has 0 spiro atoms. The number of aromatic nitrogens is 4. The van der Waals surface area contributed by atoms with Gasteiger partial charge in [-0.15, -0.1) is 0 Å². The van der Waals surface area contributed by atoms with E-state index in [-0.39, 0.29) is 11.9 Å². The van der Waals surface area contributed by atoms with Gasteiger partial charge in [0.05, 0.1) is 12.6 Å². The van der Waals surface area contributed by atoms with Crippen molar-refractivity contribution in [3.05, 3.63) is 95.3 Å². The maximum atomic E-state index is 13.7. The van der Waals surface area contributed by atoms with Gasteiger partial charge in [-0.2, -0.15) is 4.98 Å². The van der Waals surface area contributed by atoms with Crippen LogP contribution in [0.5, 0.6) is 11.5 Å². The summed E-state index contributed by atoms with van der Waals surface area (Å²) < 4.78 is 13.1. The Morgan fingerprint density at radius 1 is 1.05 bits per heavy atom. The fraction of sp³-hybridized carbons (Fsp3) is 0.214. The summed E-state index contributed by atoms with van der Waals surface area (Å²) in [7, 11) is 0. The Bertz CT molecular complexity index is 1500. The van der Waals surface area contributed by atoms with Crippen LogP contribution in [0.2, 0.25) is 0 Å². The second kappa shape index (κ2) is 9.42. The van der Waals surface area contributed by atoms with Crippen molar-refractivity contribution in [1.29, 1.82) is 0 Å². The zero-order valence-electron chi connectivity index (χ0n) is 20.6. The van der Waals surface area contributed by atoms with Crippen molar-refractivity contribution >= 4 is 17.8 Å². The maximum absolute atomic E-state index is 13.7. The van der Waals surface area contributed by atoms with Crippen molar-refractivity contribution in [2.45, 2.75) is 26.4 Å². The molecule has 0 radical (unpaired) electrons. The number of ether oxygens (including phenoxy) is 2. The molecule has 1 unspecified atom stereocenters. The molecule has 186 valence electrons. The molecule has 2 aliphatic heterocycles. The third-order valence-electron chi connectivity index (χ3n) is 6.45. The van der Waals surface area contributed by atoms with Gasteiger partial charge in [0.1, 0.15) is 31.1 Å². The quantitative estimate of drug-likeness (QED) is 0.448. The number of benzene rings is 2. The van der Waals surface area contributed by atoms with E-state index in [1.54, 1.807) is 23.3 Å². The summed E-state index contributed by atoms with van der Waals surface area (Å²) in [6.07, 6.45) is 7.05. The molecule has 4 heterocycles. The molecule has 0 aliphatic carbocycles. The lowest BCUT2D eigenvalue weighted by Crippen LogP contribution is -2.38. The summed E-state index contributed by atoms with van der Waals surface area (Å²) >= 11 is 0. The second-order valence-electron chi connectivity index (χ2n) is 9.05. The third-order valence-corrected chi connectivity index (χ3v) is 6.45. The first-order chi connectivity index (χ1) is 18.0. The summed E-state index contributed by atoms with van der Waals surface area (Å²) in [6, 6.07) is 15.5. The highest BCUT2D eigenvalue weighted by Gasteiger charge is 2.27. The van der Waals surface area contributed by atoms with Crippen molar-refractivity contribution in [3.8, 4) is 17.4 Å². The monoisotopic (exact) mass is 494 g/mol. The van der Waals surface area contributed by atoms with Crippen LogP contribution >= 0.6 is 0 Å². The fourth-order valence-electron chi connectivity index (χ4n) is 4.54. The second-order valence-corrected chi connectivity index (χ2v) is 9.05. The molecule has 37 heavy (non-hydrogen) atoms. The van der Waals surface area contributed by atoms with Gasteiger partial charge in [-0.1, -0.05) is 30.3 Å². The van der Waals surface area contributed by atoms with Gasteiger partial charge >= 0.3 is 0 Å². The number of imidazole rings is 1. The van der Waals surface area contributed by atoms with Crippen molar-refractivity contribution in [2.75, 3.05) is 18.1 Å². The Balaban J connectivity index is 1.33. The summed E-state index contributed by atoms with van der Waals surface area (Å²) in [5, 5.41) is 3.16. The molecule has 0 bridgehead atoms. The van der Waals surface area contributed by atoms with E-state index in [4.69, 9.17) is 14.5 Å². The van der Waals surface area contributed by atoms with Gasteiger partial charge in [-0.3, -0.25) is 9.36 Å². The number of amides is 1. The molecule has 0 saturated heterocycles. The molecule has 0 saturated carbocycles. The number of nitrogens with zero attached hydrogens (tertiary/aromatic N) is 5. The number of hydrogen-bond donors (Lipinski definition) is 1. The Hall–Kier alpha value is -4.66. The Morgan fingerprint density at radius 2 is 1.89 bits per heavy atom. The van der Waals surface area contributed by atoms with Gasteiger partial charge in [0.25, 0.3) is 5.91 Å². The molecule has 1 N–H and O–H groups in total. The lowest BCUT2D eigenvalue weighted by molar-refractivity contribution is -0.118. The predicted molar refractivity (Wildman–Crippen MR) is 138 cm³/mol. The molecule has 9 heteroatoms. The number of anilines is 1. The number of hydrogen-bond acceptors (Lipinski definition) is 7. The van der Waals surface area contributed by atoms with Crippen molar-refractivity contribution in [1.82, 2.24) is 24.8 Å². The highest BCUT2D eigenvalue weighted by atomic mass is 16.6. The summed E-state index contributed by atoms with van der Waals surface area (Å²) in [6.45, 7) is 5.43. The van der Waals surface area contributed by atoms with Gasteiger partial charge in [0, 0.05) is 24.2 Å². The van der Waals surface area contributed by atoms with E-state index in [9.17, 15) is 4.79 Å². The van der Waals surface area contributed by atoms with Gasteiger partial charge in [0.2, 0.25) is 5.95 Å². The minimum atomic E-state index is -0.253. The maximum Gasteiger partial charge on any atom is 0.268 e. The van der Waals surface area contributed by atoms with Gasteiger partial charge < -0.3 is 19.7 Å². The van der Waals surface area contributed by atoms with Gasteiger partial charge in [0.15, 0.2) is 11.5 Å². The summed E-state index contributed by atoms with van der Waals surface area (Å²) in [5.41, 5.74) is 4.35. The molecule has 1 atom stereocenters. The van der Waals surface area contributed by atoms with Crippen molar-refractivity contribution in [2.24, 2.45) is 0 Å². The number of fused-ring (bicyclic) bond motifs is 2. The van der Waals surface area contributed by atoms with Crippen LogP contribution in [-0.2, 0) is 11.3 Å². The highest BCUT2D eigenvalue weighted by Crippen LogP contribution is 2.33. The third kappa shape index (κ3) is 4.51. The number of carbonyl (C=O) groups is 1. The number of aryl methyl sites for hydroxylation is 1. The first-order valence-electron chi connectivity index (χ1n) is 12.2. The average molecular weight is 495 g/mol. The largest absolute Gasteiger partial charge is 0.486 e. The molecular formula is C28H26N6O3. The predicted octanol–water partition coefficient (Wildman–Crippen LogP) is 3.98. The molecule has 4 aromatic rings. The van der Waals surface area contributed by atoms with E-state index in [0.29, 0.717) is 43.0 Å². The minimum Gasteiger partial charge on any atom is -0.486 e. The first kappa shape index (κ1) is 22.8. The van der Waals surface area contributed by atoms with E-state index in [2.05, 4.69) is 21.4 Å². The minimum absolute atomic E-state index is 0.197. The van der Waals surface area contributed by atoms with Gasteiger partial charge in [-0.05, 0) is 48.7 Å². The molecular weight excluding hydrogens is 468 g/mol. The van der Waals surface area contributed by atoms with E-state index in [0.717, 1.165) is 28.1 Å². The van der Waals surface area contributed by atoms with E-state index in [1.165, 1.54) is 0 Å². The normalized spacial score (nSPS) is 15.0. The Morgan fingerprint density at radius 3 is 2.73 bits per heavy atom. The molecule has 2 aliphatic rings. The van der Waals surface area contributed by atoms with Crippen LogP contribution in [0.4, 0.5) is 5.82 Å². The SMILES string of the molecule is Cc1cc(N2Cc3ccccc3C=C2C(=O)NC(C)c2ccc3c(c2)OCCO3)nc(-n2ccnc2)n1. The average Bonchev–Trinajstić information content (AvgIpc) is 3.47. The summed E-state index contributed by atoms with van der Waals surface area (Å²) in [5.74, 6) is 2.35. The fourth-order valence-corrected chi connectivity index (χ4v) is 4.54. The van der Waals surface area contributed by atoms with Crippen LogP contribution in [-0.4, -0.2) is 38.6 Å². The Kier molecular flexibility index (Phi) is 5.80. The van der Waals surface area contributed by atoms with Crippen LogP contribution < -0.4 is 19.7 Å². The smallest absolute Gasteiger partial charge is 0.268 e. The van der Waals surface area contributed by atoms with E-state index < -0.39 is 0 Å². The lowest BCUT2D eigenvalue weighted by Gasteiger charge is -2.31. The Labute approximate surface area is 214 Å².